The van der Waals surface area contributed by atoms with Crippen molar-refractivity contribution in [2.75, 3.05) is 11.9 Å². The molecule has 1 fully saturated rings. The summed E-state index contributed by atoms with van der Waals surface area (Å²) < 4.78 is 52.9. The highest BCUT2D eigenvalue weighted by Crippen LogP contribution is 2.37. The van der Waals surface area contributed by atoms with Crippen LogP contribution in [0.15, 0.2) is 39.9 Å². The molecule has 0 atom stereocenters. The smallest absolute Gasteiger partial charge is 0.419 e. The SMILES string of the molecule is O=C(CCN1C(=O)/C(=C/c2cc(-c3ccc(F)c(C(F)(F)F)c3)cs2)SC1=S)Nc1nc(C(=O)O)cs1. The number of thioether (sulfide) groups is 1. The average Bonchev–Trinajstić information content (AvgIpc) is 3.53. The minimum absolute atomic E-state index is 0.0174. The Morgan fingerprint density at radius 2 is 1.92 bits per heavy atom. The zero-order chi connectivity index (χ0) is 26.9. The summed E-state index contributed by atoms with van der Waals surface area (Å²) in [5.74, 6) is -3.49. The van der Waals surface area contributed by atoms with Gasteiger partial charge in [0.05, 0.1) is 10.5 Å². The molecule has 37 heavy (non-hydrogen) atoms. The number of alkyl halides is 3. The van der Waals surface area contributed by atoms with Crippen LogP contribution >= 0.6 is 46.7 Å². The molecular weight excluding hydrogens is 575 g/mol. The first kappa shape index (κ1) is 26.9. The maximum absolute atomic E-state index is 13.6. The Bertz CT molecular complexity index is 1450. The fraction of sp³-hybridized carbons (Fsp3) is 0.136. The number of hydrogen-bond acceptors (Lipinski definition) is 8. The summed E-state index contributed by atoms with van der Waals surface area (Å²) in [6.07, 6.45) is -3.40. The molecule has 1 saturated heterocycles. The van der Waals surface area contributed by atoms with Crippen LogP contribution in [-0.4, -0.2) is 43.6 Å². The van der Waals surface area contributed by atoms with Crippen molar-refractivity contribution in [3.05, 3.63) is 61.9 Å². The van der Waals surface area contributed by atoms with E-state index in [-0.39, 0.29) is 38.6 Å². The van der Waals surface area contributed by atoms with Gasteiger partial charge in [-0.2, -0.15) is 13.2 Å². The van der Waals surface area contributed by atoms with Gasteiger partial charge in [-0.1, -0.05) is 30.0 Å². The van der Waals surface area contributed by atoms with Crippen LogP contribution in [0.5, 0.6) is 0 Å². The van der Waals surface area contributed by atoms with Gasteiger partial charge < -0.3 is 10.4 Å². The number of carbonyl (C=O) groups excluding carboxylic acids is 2. The number of carbonyl (C=O) groups is 3. The number of aromatic carboxylic acids is 1. The van der Waals surface area contributed by atoms with Gasteiger partial charge in [-0.05, 0) is 40.8 Å². The van der Waals surface area contributed by atoms with Crippen LogP contribution in [0.1, 0.15) is 27.3 Å². The maximum atomic E-state index is 13.6. The normalized spacial score (nSPS) is 15.0. The maximum Gasteiger partial charge on any atom is 0.419 e. The largest absolute Gasteiger partial charge is 0.476 e. The minimum Gasteiger partial charge on any atom is -0.476 e. The van der Waals surface area contributed by atoms with Crippen molar-refractivity contribution in [1.29, 1.82) is 0 Å². The highest BCUT2D eigenvalue weighted by Gasteiger charge is 2.35. The molecule has 0 bridgehead atoms. The first-order chi connectivity index (χ1) is 17.4. The molecule has 3 heterocycles. The molecule has 4 rings (SSSR count). The zero-order valence-electron chi connectivity index (χ0n) is 18.2. The zero-order valence-corrected chi connectivity index (χ0v) is 21.4. The Hall–Kier alpha value is -3.14. The van der Waals surface area contributed by atoms with Crippen LogP contribution < -0.4 is 5.32 Å². The van der Waals surface area contributed by atoms with Crippen LogP contribution in [0.4, 0.5) is 22.7 Å². The Balaban J connectivity index is 1.41. The number of carboxylic acid groups (broad SMARTS) is 1. The fourth-order valence-corrected chi connectivity index (χ4v) is 6.07. The Kier molecular flexibility index (Phi) is 7.77. The van der Waals surface area contributed by atoms with Crippen molar-refractivity contribution in [1.82, 2.24) is 9.88 Å². The highest BCUT2D eigenvalue weighted by atomic mass is 32.2. The van der Waals surface area contributed by atoms with Crippen molar-refractivity contribution in [2.24, 2.45) is 0 Å². The molecule has 0 aliphatic carbocycles. The van der Waals surface area contributed by atoms with Gasteiger partial charge in [-0.25, -0.2) is 14.2 Å². The first-order valence-electron chi connectivity index (χ1n) is 10.1. The third kappa shape index (κ3) is 6.23. The second-order valence-corrected chi connectivity index (χ2v) is 10.9. The van der Waals surface area contributed by atoms with Crippen molar-refractivity contribution < 1.29 is 37.1 Å². The number of hydrogen-bond donors (Lipinski definition) is 2. The lowest BCUT2D eigenvalue weighted by atomic mass is 10.0. The van der Waals surface area contributed by atoms with Gasteiger partial charge in [-0.15, -0.1) is 22.7 Å². The molecule has 7 nitrogen and oxygen atoms in total. The molecule has 2 amide bonds. The quantitative estimate of drug-likeness (QED) is 0.200. The van der Waals surface area contributed by atoms with Gasteiger partial charge in [0.25, 0.3) is 5.91 Å². The lowest BCUT2D eigenvalue weighted by Gasteiger charge is -2.13. The number of thiocarbonyl (C=S) groups is 1. The second kappa shape index (κ2) is 10.7. The second-order valence-electron chi connectivity index (χ2n) is 7.40. The van der Waals surface area contributed by atoms with Gasteiger partial charge in [0.15, 0.2) is 10.8 Å². The molecule has 0 unspecified atom stereocenters. The van der Waals surface area contributed by atoms with E-state index in [1.54, 1.807) is 17.5 Å². The van der Waals surface area contributed by atoms with E-state index < -0.39 is 35.3 Å². The Morgan fingerprint density at radius 1 is 1.16 bits per heavy atom. The fourth-order valence-electron chi connectivity index (χ4n) is 3.15. The van der Waals surface area contributed by atoms with Crippen LogP contribution in [0.3, 0.4) is 0 Å². The van der Waals surface area contributed by atoms with Crippen molar-refractivity contribution in [3.63, 3.8) is 0 Å². The van der Waals surface area contributed by atoms with Crippen LogP contribution in [-0.2, 0) is 15.8 Å². The van der Waals surface area contributed by atoms with Crippen molar-refractivity contribution >= 4 is 80.0 Å². The van der Waals surface area contributed by atoms with Gasteiger partial charge in [-0.3, -0.25) is 14.5 Å². The minimum atomic E-state index is -4.83. The van der Waals surface area contributed by atoms with E-state index in [2.05, 4.69) is 10.3 Å². The number of nitrogens with one attached hydrogen (secondary N) is 1. The molecule has 0 radical (unpaired) electrons. The molecule has 1 aliphatic heterocycles. The Morgan fingerprint density at radius 3 is 2.59 bits per heavy atom. The number of nitrogens with zero attached hydrogens (tertiary/aromatic N) is 2. The van der Waals surface area contributed by atoms with Crippen LogP contribution in [0.2, 0.25) is 0 Å². The third-order valence-corrected chi connectivity index (χ3v) is 7.92. The van der Waals surface area contributed by atoms with E-state index in [0.29, 0.717) is 10.4 Å². The van der Waals surface area contributed by atoms with E-state index >= 15 is 0 Å². The number of aromatic nitrogens is 1. The number of carboxylic acids is 1. The third-order valence-electron chi connectivity index (χ3n) is 4.90. The molecule has 1 aromatic carbocycles. The van der Waals surface area contributed by atoms with E-state index in [9.17, 15) is 31.9 Å². The summed E-state index contributed by atoms with van der Waals surface area (Å²) in [4.78, 5) is 41.7. The molecule has 2 N–H and O–H groups in total. The summed E-state index contributed by atoms with van der Waals surface area (Å²) >= 11 is 8.41. The van der Waals surface area contributed by atoms with Gasteiger partial charge in [0.2, 0.25) is 5.91 Å². The predicted molar refractivity (Wildman–Crippen MR) is 137 cm³/mol. The Labute approximate surface area is 223 Å². The standard InChI is InChI=1S/C22H13F4N3O4S4/c23-14-2-1-10(6-13(14)22(24,25)26)11-5-12(35-8-11)7-16-18(31)29(21(34)37-16)4-3-17(30)28-20-27-15(9-36-20)19(32)33/h1-2,5-9H,3-4H2,(H,32,33)(H,27,28,30)/b16-7-. The molecule has 0 spiro atoms. The molecule has 3 aromatic rings. The molecular formula is C22H13F4N3O4S4. The number of amides is 2. The monoisotopic (exact) mass is 587 g/mol. The number of thiazole rings is 1. The summed E-state index contributed by atoms with van der Waals surface area (Å²) in [5.41, 5.74) is -0.944. The molecule has 2 aromatic heterocycles. The highest BCUT2D eigenvalue weighted by molar-refractivity contribution is 8.26. The predicted octanol–water partition coefficient (Wildman–Crippen LogP) is 5.96. The van der Waals surface area contributed by atoms with E-state index in [1.807, 2.05) is 0 Å². The summed E-state index contributed by atoms with van der Waals surface area (Å²) in [5, 5.41) is 14.4. The summed E-state index contributed by atoms with van der Waals surface area (Å²) in [6, 6.07) is 4.32. The number of halogens is 4. The van der Waals surface area contributed by atoms with E-state index in [0.717, 1.165) is 35.2 Å². The van der Waals surface area contributed by atoms with Gasteiger partial charge >= 0.3 is 12.1 Å². The number of thiophene rings is 1. The summed E-state index contributed by atoms with van der Waals surface area (Å²) in [6.45, 7) is -0.0174. The lowest BCUT2D eigenvalue weighted by Crippen LogP contribution is -2.31. The number of rotatable bonds is 7. The summed E-state index contributed by atoms with van der Waals surface area (Å²) in [7, 11) is 0. The number of benzene rings is 1. The van der Waals surface area contributed by atoms with Crippen molar-refractivity contribution in [2.45, 2.75) is 12.6 Å². The topological polar surface area (TPSA) is 99.6 Å². The van der Waals surface area contributed by atoms with Crippen LogP contribution in [0.25, 0.3) is 17.2 Å². The van der Waals surface area contributed by atoms with Gasteiger partial charge in [0, 0.05) is 23.2 Å². The van der Waals surface area contributed by atoms with Gasteiger partial charge in [0.1, 0.15) is 10.1 Å². The average molecular weight is 588 g/mol. The number of anilines is 1. The van der Waals surface area contributed by atoms with E-state index in [4.69, 9.17) is 17.3 Å². The molecule has 0 saturated carbocycles. The van der Waals surface area contributed by atoms with Crippen molar-refractivity contribution in [3.8, 4) is 11.1 Å². The lowest BCUT2D eigenvalue weighted by molar-refractivity contribution is -0.140. The molecule has 1 aliphatic rings. The molecule has 15 heteroatoms. The first-order valence-corrected chi connectivity index (χ1v) is 13.1. The van der Waals surface area contributed by atoms with E-state index in [1.165, 1.54) is 27.7 Å². The molecule has 192 valence electrons. The van der Waals surface area contributed by atoms with Crippen LogP contribution in [0, 0.1) is 5.82 Å².